The standard InChI is InChI=1S/C13H14N2O7S/c1-23(21,22)10-6-8(5-9(7-10)15(19)20)12(16)14-4-2-3-11(14)13(17)18/h5-7,11H,2-4H2,1H3,(H,17,18)/t11-/m1/s1. The average molecular weight is 342 g/mol. The minimum absolute atomic E-state index is 0.201. The molecule has 9 nitrogen and oxygen atoms in total. The van der Waals surface area contributed by atoms with Crippen LogP contribution in [-0.2, 0) is 14.6 Å². The number of hydrogen-bond acceptors (Lipinski definition) is 6. The van der Waals surface area contributed by atoms with Gasteiger partial charge >= 0.3 is 5.97 Å². The van der Waals surface area contributed by atoms with Gasteiger partial charge in [0.15, 0.2) is 9.84 Å². The zero-order valence-corrected chi connectivity index (χ0v) is 12.9. The lowest BCUT2D eigenvalue weighted by molar-refractivity contribution is -0.385. The molecule has 0 radical (unpaired) electrons. The Balaban J connectivity index is 2.50. The van der Waals surface area contributed by atoms with E-state index in [9.17, 15) is 28.1 Å². The number of carboxylic acids is 1. The second-order valence-electron chi connectivity index (χ2n) is 5.24. The number of nitrogens with zero attached hydrogens (tertiary/aromatic N) is 2. The minimum Gasteiger partial charge on any atom is -0.480 e. The first-order valence-electron chi connectivity index (χ1n) is 6.64. The summed E-state index contributed by atoms with van der Waals surface area (Å²) in [5, 5.41) is 20.0. The van der Waals surface area contributed by atoms with Crippen molar-refractivity contribution in [1.29, 1.82) is 0 Å². The van der Waals surface area contributed by atoms with E-state index in [2.05, 4.69) is 0 Å². The molecule has 1 N–H and O–H groups in total. The number of carboxylic acid groups (broad SMARTS) is 1. The molecule has 1 amide bonds. The van der Waals surface area contributed by atoms with Gasteiger partial charge in [-0.05, 0) is 18.9 Å². The molecule has 1 aliphatic heterocycles. The number of benzene rings is 1. The van der Waals surface area contributed by atoms with Gasteiger partial charge in [0.05, 0.1) is 9.82 Å². The van der Waals surface area contributed by atoms with Crippen molar-refractivity contribution in [2.24, 2.45) is 0 Å². The molecular weight excluding hydrogens is 328 g/mol. The molecule has 23 heavy (non-hydrogen) atoms. The first-order chi connectivity index (χ1) is 10.6. The van der Waals surface area contributed by atoms with E-state index in [1.54, 1.807) is 0 Å². The molecule has 1 saturated heterocycles. The predicted octanol–water partition coefficient (Wildman–Crippen LogP) is 0.688. The zero-order valence-electron chi connectivity index (χ0n) is 12.1. The van der Waals surface area contributed by atoms with E-state index in [1.807, 2.05) is 0 Å². The monoisotopic (exact) mass is 342 g/mol. The Morgan fingerprint density at radius 1 is 1.35 bits per heavy atom. The van der Waals surface area contributed by atoms with E-state index in [0.29, 0.717) is 6.42 Å². The number of amides is 1. The average Bonchev–Trinajstić information content (AvgIpc) is 2.94. The molecule has 1 aliphatic rings. The smallest absolute Gasteiger partial charge is 0.326 e. The summed E-state index contributed by atoms with van der Waals surface area (Å²) in [7, 11) is -3.76. The Bertz CT molecular complexity index is 788. The number of sulfone groups is 1. The van der Waals surface area contributed by atoms with Gasteiger partial charge in [0, 0.05) is 30.5 Å². The van der Waals surface area contributed by atoms with Gasteiger partial charge in [0.1, 0.15) is 6.04 Å². The zero-order chi connectivity index (χ0) is 17.4. The first-order valence-corrected chi connectivity index (χ1v) is 8.53. The van der Waals surface area contributed by atoms with Crippen LogP contribution in [0.1, 0.15) is 23.2 Å². The van der Waals surface area contributed by atoms with Crippen LogP contribution in [0.5, 0.6) is 0 Å². The summed E-state index contributed by atoms with van der Waals surface area (Å²) >= 11 is 0. The summed E-state index contributed by atoms with van der Waals surface area (Å²) in [6.45, 7) is 0.201. The van der Waals surface area contributed by atoms with Crippen molar-refractivity contribution >= 4 is 27.4 Å². The quantitative estimate of drug-likeness (QED) is 0.628. The second kappa shape index (κ2) is 5.95. The topological polar surface area (TPSA) is 135 Å². The molecule has 10 heteroatoms. The second-order valence-corrected chi connectivity index (χ2v) is 7.26. The van der Waals surface area contributed by atoms with Crippen LogP contribution >= 0.6 is 0 Å². The van der Waals surface area contributed by atoms with Crippen LogP contribution in [0.3, 0.4) is 0 Å². The highest BCUT2D eigenvalue weighted by atomic mass is 32.2. The highest BCUT2D eigenvalue weighted by Crippen LogP contribution is 2.25. The van der Waals surface area contributed by atoms with Crippen molar-refractivity contribution in [3.05, 3.63) is 33.9 Å². The van der Waals surface area contributed by atoms with Crippen LogP contribution < -0.4 is 0 Å². The highest BCUT2D eigenvalue weighted by molar-refractivity contribution is 7.90. The number of hydrogen-bond donors (Lipinski definition) is 1. The normalized spacial score (nSPS) is 18.0. The van der Waals surface area contributed by atoms with Gasteiger partial charge in [-0.25, -0.2) is 13.2 Å². The molecule has 0 saturated carbocycles. The van der Waals surface area contributed by atoms with Gasteiger partial charge < -0.3 is 10.0 Å². The van der Waals surface area contributed by atoms with E-state index in [4.69, 9.17) is 5.11 Å². The summed E-state index contributed by atoms with van der Waals surface area (Å²) in [5.41, 5.74) is -0.755. The third-order valence-corrected chi connectivity index (χ3v) is 4.67. The number of rotatable bonds is 4. The summed E-state index contributed by atoms with van der Waals surface area (Å²) < 4.78 is 23.3. The third kappa shape index (κ3) is 3.47. The van der Waals surface area contributed by atoms with E-state index in [1.165, 1.54) is 0 Å². The molecule has 0 aliphatic carbocycles. The lowest BCUT2D eigenvalue weighted by Crippen LogP contribution is -2.40. The largest absolute Gasteiger partial charge is 0.480 e. The summed E-state index contributed by atoms with van der Waals surface area (Å²) in [4.78, 5) is 34.5. The highest BCUT2D eigenvalue weighted by Gasteiger charge is 2.35. The maximum atomic E-state index is 12.5. The number of nitro benzene ring substituents is 1. The number of aliphatic carboxylic acids is 1. The Morgan fingerprint density at radius 3 is 2.52 bits per heavy atom. The molecule has 1 heterocycles. The van der Waals surface area contributed by atoms with E-state index in [0.717, 1.165) is 29.4 Å². The minimum atomic E-state index is -3.76. The molecule has 0 aromatic heterocycles. The van der Waals surface area contributed by atoms with Crippen LogP contribution in [0.15, 0.2) is 23.1 Å². The van der Waals surface area contributed by atoms with Gasteiger partial charge in [-0.3, -0.25) is 14.9 Å². The Morgan fingerprint density at radius 2 is 2.00 bits per heavy atom. The van der Waals surface area contributed by atoms with Crippen LogP contribution in [-0.4, -0.2) is 54.1 Å². The maximum absolute atomic E-state index is 12.5. The number of carbonyl (C=O) groups excluding carboxylic acids is 1. The van der Waals surface area contributed by atoms with E-state index < -0.39 is 38.4 Å². The van der Waals surface area contributed by atoms with E-state index >= 15 is 0 Å². The summed E-state index contributed by atoms with van der Waals surface area (Å²) in [6.07, 6.45) is 1.65. The SMILES string of the molecule is CS(=O)(=O)c1cc(C(=O)N2CCC[C@@H]2C(=O)O)cc([N+](=O)[O-])c1. The molecule has 2 rings (SSSR count). The molecule has 0 unspecified atom stereocenters. The maximum Gasteiger partial charge on any atom is 0.326 e. The Labute approximate surface area is 131 Å². The number of nitro groups is 1. The van der Waals surface area contributed by atoms with Gasteiger partial charge in [-0.1, -0.05) is 0 Å². The van der Waals surface area contributed by atoms with E-state index in [-0.39, 0.29) is 23.4 Å². The van der Waals surface area contributed by atoms with Crippen LogP contribution in [0.2, 0.25) is 0 Å². The fourth-order valence-corrected chi connectivity index (χ4v) is 3.13. The molecule has 124 valence electrons. The van der Waals surface area contributed by atoms with Crippen molar-refractivity contribution in [1.82, 2.24) is 4.90 Å². The third-order valence-electron chi connectivity index (χ3n) is 3.58. The molecule has 1 aromatic carbocycles. The molecule has 0 spiro atoms. The lowest BCUT2D eigenvalue weighted by Gasteiger charge is -2.21. The fraction of sp³-hybridized carbons (Fsp3) is 0.385. The fourth-order valence-electron chi connectivity index (χ4n) is 2.46. The van der Waals surface area contributed by atoms with Crippen LogP contribution in [0, 0.1) is 10.1 Å². The van der Waals surface area contributed by atoms with Crippen LogP contribution in [0.4, 0.5) is 5.69 Å². The van der Waals surface area contributed by atoms with Gasteiger partial charge in [-0.2, -0.15) is 0 Å². The molecule has 1 aromatic rings. The molecular formula is C13H14N2O7S. The number of likely N-dealkylation sites (tertiary alicyclic amines) is 1. The lowest BCUT2D eigenvalue weighted by atomic mass is 10.1. The van der Waals surface area contributed by atoms with Crippen molar-refractivity contribution in [3.8, 4) is 0 Å². The van der Waals surface area contributed by atoms with Crippen molar-refractivity contribution in [2.45, 2.75) is 23.8 Å². The summed E-state index contributed by atoms with van der Waals surface area (Å²) in [5.74, 6) is -1.90. The predicted molar refractivity (Wildman–Crippen MR) is 77.9 cm³/mol. The molecule has 0 bridgehead atoms. The first kappa shape index (κ1) is 16.9. The van der Waals surface area contributed by atoms with Crippen molar-refractivity contribution in [2.75, 3.05) is 12.8 Å². The Kier molecular flexibility index (Phi) is 4.37. The van der Waals surface area contributed by atoms with Crippen LogP contribution in [0.25, 0.3) is 0 Å². The van der Waals surface area contributed by atoms with Gasteiger partial charge in [0.25, 0.3) is 11.6 Å². The van der Waals surface area contributed by atoms with Crippen molar-refractivity contribution in [3.63, 3.8) is 0 Å². The van der Waals surface area contributed by atoms with Gasteiger partial charge in [-0.15, -0.1) is 0 Å². The number of non-ortho nitro benzene ring substituents is 1. The Hall–Kier alpha value is -2.49. The molecule has 1 fully saturated rings. The number of carbonyl (C=O) groups is 2. The van der Waals surface area contributed by atoms with Gasteiger partial charge in [0.2, 0.25) is 0 Å². The molecule has 1 atom stereocenters. The van der Waals surface area contributed by atoms with Crippen molar-refractivity contribution < 1.29 is 28.0 Å². The summed E-state index contributed by atoms with van der Waals surface area (Å²) in [6, 6.07) is 1.84.